The Labute approximate surface area is 229 Å². The predicted molar refractivity (Wildman–Crippen MR) is 160 cm³/mol. The zero-order valence-electron chi connectivity index (χ0n) is 22.9. The Bertz CT molecular complexity index is 1650. The maximum absolute atomic E-state index is 4.66. The number of imidazole rings is 1. The number of fused-ring (bicyclic) bond motifs is 1. The van der Waals surface area contributed by atoms with E-state index >= 15 is 0 Å². The molecule has 5 rings (SSSR count). The third-order valence-corrected chi connectivity index (χ3v) is 7.31. The van der Waals surface area contributed by atoms with E-state index < -0.39 is 0 Å². The summed E-state index contributed by atoms with van der Waals surface area (Å²) in [6.07, 6.45) is 19.1. The van der Waals surface area contributed by atoms with Crippen LogP contribution >= 0.6 is 0 Å². The molecule has 1 fully saturated rings. The second-order valence-corrected chi connectivity index (χ2v) is 9.95. The molecule has 39 heavy (non-hydrogen) atoms. The molecule has 0 bridgehead atoms. The number of pyridine rings is 1. The van der Waals surface area contributed by atoms with E-state index in [0.29, 0.717) is 11.6 Å². The summed E-state index contributed by atoms with van der Waals surface area (Å²) >= 11 is 0. The van der Waals surface area contributed by atoms with Crippen molar-refractivity contribution in [1.82, 2.24) is 35.0 Å². The summed E-state index contributed by atoms with van der Waals surface area (Å²) in [5, 5.41) is 12.1. The lowest BCUT2D eigenvalue weighted by atomic mass is 9.83. The SMILES string of the molecule is C=C/C=C(\c1cc(-c2[nH]nc3ncc(C(/C=C(\C=C)NC(=C)C4CCC4)=C/C)cc23)[nH]c1C)n1cnc(C)c1. The number of hydrogen-bond acceptors (Lipinski definition) is 4. The summed E-state index contributed by atoms with van der Waals surface area (Å²) < 4.78 is 2.01. The second kappa shape index (κ2) is 11.0. The van der Waals surface area contributed by atoms with Crippen molar-refractivity contribution in [3.8, 4) is 11.4 Å². The molecule has 0 atom stereocenters. The van der Waals surface area contributed by atoms with Gasteiger partial charge in [-0.05, 0) is 75.5 Å². The Morgan fingerprint density at radius 1 is 1.18 bits per heavy atom. The van der Waals surface area contributed by atoms with Gasteiger partial charge in [0.2, 0.25) is 0 Å². The lowest BCUT2D eigenvalue weighted by molar-refractivity contribution is 0.356. The molecule has 1 aliphatic rings. The molecule has 0 aliphatic heterocycles. The summed E-state index contributed by atoms with van der Waals surface area (Å²) in [6, 6.07) is 4.26. The third kappa shape index (κ3) is 5.21. The van der Waals surface area contributed by atoms with E-state index in [1.54, 1.807) is 6.08 Å². The van der Waals surface area contributed by atoms with Crippen molar-refractivity contribution in [3.05, 3.63) is 115 Å². The average Bonchev–Trinajstić information content (AvgIpc) is 3.61. The topological polar surface area (TPSA) is 87.2 Å². The second-order valence-electron chi connectivity index (χ2n) is 9.95. The van der Waals surface area contributed by atoms with Crippen molar-refractivity contribution in [3.63, 3.8) is 0 Å². The molecule has 4 aromatic heterocycles. The highest BCUT2D eigenvalue weighted by molar-refractivity contribution is 5.93. The highest BCUT2D eigenvalue weighted by atomic mass is 15.2. The lowest BCUT2D eigenvalue weighted by Gasteiger charge is -2.28. The number of aromatic amines is 2. The molecule has 0 amide bonds. The monoisotopic (exact) mass is 517 g/mol. The van der Waals surface area contributed by atoms with E-state index in [1.807, 2.05) is 49.3 Å². The standard InChI is InChI=1S/C32H35N7/c1-7-11-30(39-18-20(4)34-19-39)27-16-29(36-22(27)6)31-28-15-25(17-33-32(28)38-37-31)23(8-2)14-26(9-3)35-21(5)24-12-10-13-24/h7-9,11,14-19,24,35-36H,1,3,5,10,12-13H2,2,4,6H3,(H,33,37,38)/b23-8+,26-14+,30-11+. The van der Waals surface area contributed by atoms with E-state index in [2.05, 4.69) is 81.4 Å². The van der Waals surface area contributed by atoms with Crippen LogP contribution in [0.3, 0.4) is 0 Å². The van der Waals surface area contributed by atoms with Gasteiger partial charge in [-0.1, -0.05) is 38.3 Å². The minimum Gasteiger partial charge on any atom is -0.359 e. The number of allylic oxidation sites excluding steroid dienone is 7. The largest absolute Gasteiger partial charge is 0.359 e. The van der Waals surface area contributed by atoms with E-state index in [9.17, 15) is 0 Å². The molecule has 3 N–H and O–H groups in total. The maximum atomic E-state index is 4.66. The normalized spacial score (nSPS) is 14.9. The smallest absolute Gasteiger partial charge is 0.181 e. The molecule has 4 heterocycles. The van der Waals surface area contributed by atoms with Crippen molar-refractivity contribution < 1.29 is 0 Å². The minimum absolute atomic E-state index is 0.544. The molecule has 4 aromatic rings. The molecule has 0 spiro atoms. The van der Waals surface area contributed by atoms with Gasteiger partial charge in [-0.15, -0.1) is 0 Å². The van der Waals surface area contributed by atoms with Crippen molar-refractivity contribution in [2.45, 2.75) is 40.0 Å². The van der Waals surface area contributed by atoms with Crippen LogP contribution in [0.25, 0.3) is 33.7 Å². The first-order chi connectivity index (χ1) is 18.9. The van der Waals surface area contributed by atoms with Gasteiger partial charge in [0.05, 0.1) is 29.1 Å². The van der Waals surface area contributed by atoms with Gasteiger partial charge in [0.1, 0.15) is 0 Å². The molecular formula is C32H35N7. The molecule has 0 unspecified atom stereocenters. The third-order valence-electron chi connectivity index (χ3n) is 7.31. The Morgan fingerprint density at radius 2 is 2.00 bits per heavy atom. The van der Waals surface area contributed by atoms with Crippen LogP contribution in [-0.2, 0) is 0 Å². The summed E-state index contributed by atoms with van der Waals surface area (Å²) in [4.78, 5) is 12.6. The molecule has 0 radical (unpaired) electrons. The first kappa shape index (κ1) is 26.0. The van der Waals surface area contributed by atoms with Gasteiger partial charge in [-0.25, -0.2) is 9.97 Å². The Morgan fingerprint density at radius 3 is 2.64 bits per heavy atom. The molecule has 0 saturated heterocycles. The molecule has 198 valence electrons. The van der Waals surface area contributed by atoms with Gasteiger partial charge >= 0.3 is 0 Å². The lowest BCUT2D eigenvalue weighted by Crippen LogP contribution is -2.23. The van der Waals surface area contributed by atoms with Gasteiger partial charge in [0, 0.05) is 46.0 Å². The van der Waals surface area contributed by atoms with Crippen LogP contribution in [0.2, 0.25) is 0 Å². The highest BCUT2D eigenvalue weighted by Gasteiger charge is 2.21. The van der Waals surface area contributed by atoms with Crippen LogP contribution < -0.4 is 5.32 Å². The van der Waals surface area contributed by atoms with Crippen LogP contribution in [0, 0.1) is 19.8 Å². The fourth-order valence-electron chi connectivity index (χ4n) is 4.89. The van der Waals surface area contributed by atoms with Crippen LogP contribution in [0.4, 0.5) is 0 Å². The van der Waals surface area contributed by atoms with Crippen LogP contribution in [0.5, 0.6) is 0 Å². The van der Waals surface area contributed by atoms with Crippen molar-refractivity contribution in [2.75, 3.05) is 0 Å². The number of rotatable bonds is 10. The van der Waals surface area contributed by atoms with Crippen molar-refractivity contribution in [2.24, 2.45) is 5.92 Å². The molecule has 0 aromatic carbocycles. The van der Waals surface area contributed by atoms with Crippen molar-refractivity contribution in [1.29, 1.82) is 0 Å². The highest BCUT2D eigenvalue weighted by Crippen LogP contribution is 2.33. The van der Waals surface area contributed by atoms with E-state index in [1.165, 1.54) is 19.3 Å². The Kier molecular flexibility index (Phi) is 7.32. The number of hydrogen-bond donors (Lipinski definition) is 3. The zero-order valence-corrected chi connectivity index (χ0v) is 22.9. The van der Waals surface area contributed by atoms with E-state index in [4.69, 9.17) is 0 Å². The van der Waals surface area contributed by atoms with Gasteiger partial charge < -0.3 is 14.9 Å². The predicted octanol–water partition coefficient (Wildman–Crippen LogP) is 7.22. The van der Waals surface area contributed by atoms with Crippen LogP contribution in [0.15, 0.2) is 92.4 Å². The number of nitrogens with one attached hydrogen (secondary N) is 3. The number of aryl methyl sites for hydroxylation is 2. The van der Waals surface area contributed by atoms with Crippen LogP contribution in [0.1, 0.15) is 48.7 Å². The summed E-state index contributed by atoms with van der Waals surface area (Å²) in [7, 11) is 0. The van der Waals surface area contributed by atoms with E-state index in [0.717, 1.165) is 62.0 Å². The fraction of sp³-hybridized carbons (Fsp3) is 0.219. The van der Waals surface area contributed by atoms with Gasteiger partial charge in [0.25, 0.3) is 0 Å². The van der Waals surface area contributed by atoms with Gasteiger partial charge in [-0.3, -0.25) is 5.10 Å². The number of nitrogens with zero attached hydrogens (tertiary/aromatic N) is 4. The molecular weight excluding hydrogens is 482 g/mol. The summed E-state index contributed by atoms with van der Waals surface area (Å²) in [5.74, 6) is 0.544. The van der Waals surface area contributed by atoms with Crippen LogP contribution in [-0.4, -0.2) is 29.7 Å². The Balaban J connectivity index is 1.49. The van der Waals surface area contributed by atoms with E-state index in [-0.39, 0.29) is 0 Å². The number of H-pyrrole nitrogens is 2. The minimum atomic E-state index is 0.544. The maximum Gasteiger partial charge on any atom is 0.181 e. The Hall–Kier alpha value is -4.65. The number of aromatic nitrogens is 6. The summed E-state index contributed by atoms with van der Waals surface area (Å²) in [5.41, 5.74) is 10.5. The first-order valence-corrected chi connectivity index (χ1v) is 13.3. The molecule has 1 aliphatic carbocycles. The zero-order chi connectivity index (χ0) is 27.5. The fourth-order valence-corrected chi connectivity index (χ4v) is 4.89. The van der Waals surface area contributed by atoms with Crippen molar-refractivity contribution >= 4 is 22.3 Å². The molecule has 1 saturated carbocycles. The summed E-state index contributed by atoms with van der Waals surface area (Å²) in [6.45, 7) is 18.2. The van der Waals surface area contributed by atoms with Gasteiger partial charge in [0.15, 0.2) is 5.65 Å². The molecule has 7 nitrogen and oxygen atoms in total. The van der Waals surface area contributed by atoms with Gasteiger partial charge in [-0.2, -0.15) is 5.10 Å². The first-order valence-electron chi connectivity index (χ1n) is 13.3. The molecule has 7 heteroatoms. The quantitative estimate of drug-likeness (QED) is 0.194. The average molecular weight is 518 g/mol.